The van der Waals surface area contributed by atoms with Gasteiger partial charge in [0.1, 0.15) is 66.1 Å². The molecule has 3 heterocycles. The third-order valence-electron chi connectivity index (χ3n) is 16.1. The number of fused-ring (bicyclic) bond motifs is 2. The summed E-state index contributed by atoms with van der Waals surface area (Å²) in [6.07, 6.45) is -12.4. The molecule has 3 aliphatic rings. The van der Waals surface area contributed by atoms with Gasteiger partial charge in [0.15, 0.2) is 0 Å². The highest BCUT2D eigenvalue weighted by molar-refractivity contribution is 6.00. The molecule has 4 unspecified atom stereocenters. The molecule has 7 rings (SSSR count). The standard InChI is InChI=1S/C62H84N10O16/c1-7-8-9-26-88-42-21-18-38(19-22-42)36-12-10-35(11-13-36)37-14-16-39(17-15-37)56(81)65-44-29-47(77)55(64-24-25-70(5)6)69-60(85)51-52(78)32(2)30-72(51)62(87)49(34(4)74)67-59(84)50(54(80)53(79)40-20-23-46(76)43(63)27-40)68-58(83)45-28-41(75)31-71(45)61(86)48(33(3)73)66-57(44)82/h10-23,27,32-34,41,44-45,47-55,64,73-80H,7-9,24-26,28-31,63H2,1-6H3,(H,65,81)(H,66,82)(H,67,84)(H,68,83)(H,69,85)/t32-,33+,34+,41+,44-,45-,47+,48-,49-,50?,51?,52?,53-,54?,55-/m0/s1. The van der Waals surface area contributed by atoms with Gasteiger partial charge in [-0.3, -0.25) is 38.9 Å². The van der Waals surface area contributed by atoms with Gasteiger partial charge >= 0.3 is 0 Å². The van der Waals surface area contributed by atoms with Gasteiger partial charge in [0.2, 0.25) is 35.4 Å². The van der Waals surface area contributed by atoms with E-state index < -0.39 is 158 Å². The zero-order chi connectivity index (χ0) is 64.3. The number of carbonyl (C=O) groups excluding carboxylic acids is 7. The van der Waals surface area contributed by atoms with Gasteiger partial charge in [-0.05, 0) is 98.6 Å². The second kappa shape index (κ2) is 30.4. The first-order valence-corrected chi connectivity index (χ1v) is 29.6. The Morgan fingerprint density at radius 2 is 1.26 bits per heavy atom. The minimum Gasteiger partial charge on any atom is -0.506 e. The van der Waals surface area contributed by atoms with Gasteiger partial charge in [0, 0.05) is 50.5 Å². The lowest BCUT2D eigenvalue weighted by molar-refractivity contribution is -0.148. The number of rotatable bonds is 18. The summed E-state index contributed by atoms with van der Waals surface area (Å²) >= 11 is 0. The Hall–Kier alpha value is -7.79. The van der Waals surface area contributed by atoms with Crippen LogP contribution in [0.3, 0.4) is 0 Å². The average molecular weight is 1230 g/mol. The van der Waals surface area contributed by atoms with Crippen molar-refractivity contribution in [2.24, 2.45) is 5.92 Å². The Kier molecular flexibility index (Phi) is 23.4. The van der Waals surface area contributed by atoms with Crippen LogP contribution in [0.1, 0.15) is 81.8 Å². The van der Waals surface area contributed by atoms with Crippen molar-refractivity contribution in [2.45, 2.75) is 145 Å². The van der Waals surface area contributed by atoms with Gasteiger partial charge in [-0.15, -0.1) is 0 Å². The van der Waals surface area contributed by atoms with E-state index in [0.29, 0.717) is 13.2 Å². The van der Waals surface area contributed by atoms with Gasteiger partial charge in [0.05, 0.1) is 42.8 Å². The summed E-state index contributed by atoms with van der Waals surface area (Å²) in [5.41, 5.74) is 9.00. The van der Waals surface area contributed by atoms with Crippen LogP contribution >= 0.6 is 0 Å². The van der Waals surface area contributed by atoms with Crippen molar-refractivity contribution >= 4 is 47.0 Å². The molecule has 4 aromatic rings. The van der Waals surface area contributed by atoms with Crippen LogP contribution < -0.4 is 42.4 Å². The second-order valence-electron chi connectivity index (χ2n) is 23.3. The van der Waals surface area contributed by atoms with Crippen molar-refractivity contribution in [1.29, 1.82) is 0 Å². The number of ether oxygens (including phenoxy) is 1. The van der Waals surface area contributed by atoms with Crippen LogP contribution in [0.5, 0.6) is 11.5 Å². The molecule has 88 heavy (non-hydrogen) atoms. The Morgan fingerprint density at radius 1 is 0.705 bits per heavy atom. The highest BCUT2D eigenvalue weighted by atomic mass is 16.5. The van der Waals surface area contributed by atoms with Gasteiger partial charge in [-0.25, -0.2) is 0 Å². The van der Waals surface area contributed by atoms with E-state index in [4.69, 9.17) is 10.5 Å². The molecule has 3 fully saturated rings. The van der Waals surface area contributed by atoms with Crippen molar-refractivity contribution in [3.63, 3.8) is 0 Å². The summed E-state index contributed by atoms with van der Waals surface area (Å²) in [6.45, 7) is 6.06. The Labute approximate surface area is 510 Å². The number of nitrogens with one attached hydrogen (secondary N) is 6. The van der Waals surface area contributed by atoms with E-state index in [9.17, 15) is 74.4 Å². The number of aliphatic hydroxyl groups is 7. The lowest BCUT2D eigenvalue weighted by atomic mass is 9.96. The number of unbranched alkanes of at least 4 members (excludes halogenated alkanes) is 2. The highest BCUT2D eigenvalue weighted by Gasteiger charge is 2.50. The smallest absolute Gasteiger partial charge is 0.251 e. The molecule has 0 saturated carbocycles. The Bertz CT molecular complexity index is 3060. The molecule has 7 amide bonds. The minimum atomic E-state index is -2.34. The maximum Gasteiger partial charge on any atom is 0.251 e. The number of nitrogens with zero attached hydrogens (tertiary/aromatic N) is 3. The molecule has 26 nitrogen and oxygen atoms in total. The predicted molar refractivity (Wildman–Crippen MR) is 322 cm³/mol. The van der Waals surface area contributed by atoms with E-state index in [0.717, 1.165) is 89.1 Å². The molecule has 0 aromatic heterocycles. The van der Waals surface area contributed by atoms with E-state index in [1.54, 1.807) is 31.1 Å². The van der Waals surface area contributed by atoms with Crippen LogP contribution in [-0.4, -0.2) is 223 Å². The lowest BCUT2D eigenvalue weighted by Crippen LogP contribution is -2.64. The number of hydrogen-bond donors (Lipinski definition) is 15. The number of likely N-dealkylation sites (N-methyl/N-ethyl adjacent to an activating group) is 1. The van der Waals surface area contributed by atoms with Gasteiger partial charge in [0.25, 0.3) is 5.91 Å². The maximum atomic E-state index is 14.8. The van der Waals surface area contributed by atoms with Crippen molar-refractivity contribution in [2.75, 3.05) is 52.6 Å². The molecule has 26 heteroatoms. The van der Waals surface area contributed by atoms with Crippen molar-refractivity contribution < 1.29 is 79.2 Å². The number of phenolic OH excluding ortho intramolecular Hbond substituents is 1. The predicted octanol–water partition coefficient (Wildman–Crippen LogP) is -1.19. The van der Waals surface area contributed by atoms with Crippen molar-refractivity contribution in [3.8, 4) is 33.8 Å². The molecular formula is C62H84N10O16. The third-order valence-corrected chi connectivity index (χ3v) is 16.1. The normalized spacial score (nSPS) is 26.5. The van der Waals surface area contributed by atoms with Gasteiger partial charge in [-0.2, -0.15) is 0 Å². The largest absolute Gasteiger partial charge is 0.506 e. The summed E-state index contributed by atoms with van der Waals surface area (Å²) in [5.74, 6) is -8.37. The molecule has 0 bridgehead atoms. The third kappa shape index (κ3) is 16.7. The van der Waals surface area contributed by atoms with Crippen LogP contribution in [0.15, 0.2) is 91.0 Å². The first-order valence-electron chi connectivity index (χ1n) is 29.6. The van der Waals surface area contributed by atoms with E-state index in [1.165, 1.54) is 19.1 Å². The number of hydrogen-bond acceptors (Lipinski definition) is 19. The molecule has 478 valence electrons. The van der Waals surface area contributed by atoms with Crippen molar-refractivity contribution in [1.82, 2.24) is 46.6 Å². The number of anilines is 1. The minimum absolute atomic E-state index is 0.0553. The summed E-state index contributed by atoms with van der Waals surface area (Å²) in [6, 6.07) is 13.8. The topological polar surface area (TPSA) is 398 Å². The zero-order valence-electron chi connectivity index (χ0n) is 50.2. The van der Waals surface area contributed by atoms with Crippen LogP contribution in [0.2, 0.25) is 0 Å². The molecule has 16 N–H and O–H groups in total. The summed E-state index contributed by atoms with van der Waals surface area (Å²) in [5, 5.41) is 106. The number of nitrogen functional groups attached to an aromatic ring is 1. The van der Waals surface area contributed by atoms with Crippen LogP contribution in [-0.2, 0) is 28.8 Å². The van der Waals surface area contributed by atoms with E-state index in [1.807, 2.05) is 48.5 Å². The van der Waals surface area contributed by atoms with Crippen LogP contribution in [0, 0.1) is 5.92 Å². The number of aromatic hydroxyl groups is 1. The van der Waals surface area contributed by atoms with E-state index in [-0.39, 0.29) is 29.9 Å². The SMILES string of the molecule is CCCCCOc1ccc(-c2ccc(-c3ccc(C(=O)N[C@H]4C[C@@H](O)[C@@H](NCCN(C)C)NC(=O)C5C(O)[C@@H](C)CN5C(=O)[C@H]([C@@H](C)O)NC(=O)C(C(O)[C@@H](O)c5ccc(O)c(N)c5)NC(=O)[C@@H]5C[C@@H](O)CN5C(=O)[C@H]([C@@H](C)O)NC4=O)cc3)cc2)cc1. The van der Waals surface area contributed by atoms with Crippen LogP contribution in [0.25, 0.3) is 22.3 Å². The number of benzene rings is 4. The highest BCUT2D eigenvalue weighted by Crippen LogP contribution is 2.31. The summed E-state index contributed by atoms with van der Waals surface area (Å²) in [7, 11) is 3.51. The Morgan fingerprint density at radius 3 is 1.83 bits per heavy atom. The van der Waals surface area contributed by atoms with Crippen LogP contribution in [0.4, 0.5) is 5.69 Å². The number of phenols is 1. The number of aliphatic hydroxyl groups excluding tert-OH is 7. The first kappa shape index (κ1) is 67.7. The van der Waals surface area contributed by atoms with Crippen molar-refractivity contribution in [3.05, 3.63) is 102 Å². The van der Waals surface area contributed by atoms with E-state index in [2.05, 4.69) is 38.8 Å². The van der Waals surface area contributed by atoms with Gasteiger partial charge < -0.3 is 92.6 Å². The molecule has 3 saturated heterocycles. The number of nitrogens with two attached hydrogens (primary N) is 1. The molecule has 0 spiro atoms. The average Bonchev–Trinajstić information content (AvgIpc) is 4.11. The first-order chi connectivity index (χ1) is 41.8. The monoisotopic (exact) mass is 1220 g/mol. The molecule has 15 atom stereocenters. The summed E-state index contributed by atoms with van der Waals surface area (Å²) in [4.78, 5) is 106. The Balaban J connectivity index is 1.23. The second-order valence-corrected chi connectivity index (χ2v) is 23.3. The fourth-order valence-corrected chi connectivity index (χ4v) is 11.0. The fraction of sp³-hybridized carbons (Fsp3) is 0.500. The van der Waals surface area contributed by atoms with Gasteiger partial charge in [-0.1, -0.05) is 81.3 Å². The molecule has 3 aliphatic heterocycles. The number of carbonyl (C=O) groups is 7. The zero-order valence-corrected chi connectivity index (χ0v) is 50.2. The van der Waals surface area contributed by atoms with E-state index >= 15 is 0 Å². The molecule has 0 aliphatic carbocycles. The summed E-state index contributed by atoms with van der Waals surface area (Å²) < 4.78 is 5.87. The molecule has 0 radical (unpaired) electrons. The maximum absolute atomic E-state index is 14.8. The quantitative estimate of drug-likeness (QED) is 0.0316. The molecular weight excluding hydrogens is 1140 g/mol. The lowest BCUT2D eigenvalue weighted by Gasteiger charge is -2.34. The molecule has 4 aromatic carbocycles. The number of amides is 7. The fourth-order valence-electron chi connectivity index (χ4n) is 11.0.